The Morgan fingerprint density at radius 1 is 1.29 bits per heavy atom. The van der Waals surface area contributed by atoms with Gasteiger partial charge >= 0.3 is 5.97 Å². The van der Waals surface area contributed by atoms with Crippen molar-refractivity contribution in [3.05, 3.63) is 35.4 Å². The van der Waals surface area contributed by atoms with Crippen molar-refractivity contribution in [2.45, 2.75) is 26.4 Å². The number of carboxylic acid groups (broad SMARTS) is 1. The molecule has 0 saturated carbocycles. The summed E-state index contributed by atoms with van der Waals surface area (Å²) >= 11 is 0. The van der Waals surface area contributed by atoms with Crippen LogP contribution in [0.2, 0.25) is 0 Å². The van der Waals surface area contributed by atoms with Gasteiger partial charge in [-0.1, -0.05) is 13.8 Å². The van der Waals surface area contributed by atoms with Gasteiger partial charge in [0.2, 0.25) is 0 Å². The van der Waals surface area contributed by atoms with Crippen LogP contribution in [-0.2, 0) is 11.3 Å². The standard InChI is InChI=1S/C12H15F2NO2/c1-7(2)11(12(16)17)15-6-8-3-9(13)5-10(14)4-8/h3-5,7,11,15H,6H2,1-2H3,(H,16,17)/t11-/m0/s1. The van der Waals surface area contributed by atoms with Gasteiger partial charge in [-0.3, -0.25) is 4.79 Å². The molecule has 0 unspecified atom stereocenters. The van der Waals surface area contributed by atoms with E-state index >= 15 is 0 Å². The van der Waals surface area contributed by atoms with Gasteiger partial charge in [0.15, 0.2) is 0 Å². The molecule has 0 aliphatic carbocycles. The summed E-state index contributed by atoms with van der Waals surface area (Å²) in [6.45, 7) is 3.64. The number of nitrogens with one attached hydrogen (secondary N) is 1. The first-order valence-electron chi connectivity index (χ1n) is 5.31. The number of rotatable bonds is 5. The fourth-order valence-electron chi connectivity index (χ4n) is 1.55. The van der Waals surface area contributed by atoms with Crippen molar-refractivity contribution in [2.24, 2.45) is 5.92 Å². The van der Waals surface area contributed by atoms with Crippen LogP contribution in [0.25, 0.3) is 0 Å². The van der Waals surface area contributed by atoms with E-state index < -0.39 is 23.6 Å². The minimum absolute atomic E-state index is 0.106. The maximum atomic E-state index is 12.9. The second kappa shape index (κ2) is 5.72. The fourth-order valence-corrected chi connectivity index (χ4v) is 1.55. The molecule has 3 nitrogen and oxygen atoms in total. The number of aliphatic carboxylic acids is 1. The van der Waals surface area contributed by atoms with E-state index in [2.05, 4.69) is 5.32 Å². The van der Waals surface area contributed by atoms with E-state index in [1.165, 1.54) is 12.1 Å². The lowest BCUT2D eigenvalue weighted by atomic mass is 10.0. The summed E-state index contributed by atoms with van der Waals surface area (Å²) in [4.78, 5) is 10.9. The minimum atomic E-state index is -0.975. The largest absolute Gasteiger partial charge is 0.480 e. The Morgan fingerprint density at radius 3 is 2.24 bits per heavy atom. The smallest absolute Gasteiger partial charge is 0.320 e. The summed E-state index contributed by atoms with van der Waals surface area (Å²) in [5, 5.41) is 11.7. The second-order valence-electron chi connectivity index (χ2n) is 4.22. The number of halogens is 2. The molecular formula is C12H15F2NO2. The molecule has 0 amide bonds. The van der Waals surface area contributed by atoms with E-state index in [4.69, 9.17) is 5.11 Å². The quantitative estimate of drug-likeness (QED) is 0.833. The van der Waals surface area contributed by atoms with Gasteiger partial charge in [0.25, 0.3) is 0 Å². The third kappa shape index (κ3) is 4.11. The molecule has 1 aromatic rings. The lowest BCUT2D eigenvalue weighted by Crippen LogP contribution is -2.40. The van der Waals surface area contributed by atoms with Crippen molar-refractivity contribution >= 4 is 5.97 Å². The van der Waals surface area contributed by atoms with Gasteiger partial charge in [0.1, 0.15) is 17.7 Å². The molecule has 0 aromatic heterocycles. The summed E-state index contributed by atoms with van der Waals surface area (Å²) in [6.07, 6.45) is 0. The zero-order valence-electron chi connectivity index (χ0n) is 9.71. The number of hydrogen-bond donors (Lipinski definition) is 2. The first-order chi connectivity index (χ1) is 7.90. The van der Waals surface area contributed by atoms with E-state index in [1.54, 1.807) is 13.8 Å². The summed E-state index contributed by atoms with van der Waals surface area (Å²) in [7, 11) is 0. The summed E-state index contributed by atoms with van der Waals surface area (Å²) in [5.41, 5.74) is 0.384. The van der Waals surface area contributed by atoms with E-state index in [-0.39, 0.29) is 12.5 Å². The maximum Gasteiger partial charge on any atom is 0.320 e. The highest BCUT2D eigenvalue weighted by Gasteiger charge is 2.20. The van der Waals surface area contributed by atoms with Gasteiger partial charge in [-0.25, -0.2) is 8.78 Å². The highest BCUT2D eigenvalue weighted by atomic mass is 19.1. The Bertz CT molecular complexity index is 387. The highest BCUT2D eigenvalue weighted by molar-refractivity contribution is 5.73. The lowest BCUT2D eigenvalue weighted by Gasteiger charge is -2.17. The highest BCUT2D eigenvalue weighted by Crippen LogP contribution is 2.09. The molecule has 0 spiro atoms. The van der Waals surface area contributed by atoms with Crippen LogP contribution in [-0.4, -0.2) is 17.1 Å². The summed E-state index contributed by atoms with van der Waals surface area (Å²) < 4.78 is 25.8. The van der Waals surface area contributed by atoms with Crippen LogP contribution < -0.4 is 5.32 Å². The van der Waals surface area contributed by atoms with Crippen LogP contribution in [0.5, 0.6) is 0 Å². The van der Waals surface area contributed by atoms with Gasteiger partial charge < -0.3 is 10.4 Å². The third-order valence-electron chi connectivity index (χ3n) is 2.38. The zero-order valence-corrected chi connectivity index (χ0v) is 9.71. The van der Waals surface area contributed by atoms with Crippen molar-refractivity contribution < 1.29 is 18.7 Å². The van der Waals surface area contributed by atoms with Crippen LogP contribution in [0, 0.1) is 17.6 Å². The molecule has 17 heavy (non-hydrogen) atoms. The monoisotopic (exact) mass is 243 g/mol. The number of benzene rings is 1. The van der Waals surface area contributed by atoms with Gasteiger partial charge in [0, 0.05) is 12.6 Å². The van der Waals surface area contributed by atoms with Crippen molar-refractivity contribution in [3.8, 4) is 0 Å². The second-order valence-corrected chi connectivity index (χ2v) is 4.22. The van der Waals surface area contributed by atoms with Crippen molar-refractivity contribution in [3.63, 3.8) is 0 Å². The molecule has 2 N–H and O–H groups in total. The first kappa shape index (κ1) is 13.6. The molecule has 0 fully saturated rings. The predicted octanol–water partition coefficient (Wildman–Crippen LogP) is 2.16. The van der Waals surface area contributed by atoms with Gasteiger partial charge in [-0.2, -0.15) is 0 Å². The molecular weight excluding hydrogens is 228 g/mol. The average molecular weight is 243 g/mol. The zero-order chi connectivity index (χ0) is 13.0. The van der Waals surface area contributed by atoms with Gasteiger partial charge in [0.05, 0.1) is 0 Å². The molecule has 0 heterocycles. The minimum Gasteiger partial charge on any atom is -0.480 e. The Morgan fingerprint density at radius 2 is 1.82 bits per heavy atom. The number of carboxylic acids is 1. The van der Waals surface area contributed by atoms with Crippen molar-refractivity contribution in [2.75, 3.05) is 0 Å². The fraction of sp³-hybridized carbons (Fsp3) is 0.417. The summed E-state index contributed by atoms with van der Waals surface area (Å²) in [6, 6.07) is 2.40. The first-order valence-corrected chi connectivity index (χ1v) is 5.31. The normalized spacial score (nSPS) is 12.8. The predicted molar refractivity (Wildman–Crippen MR) is 59.5 cm³/mol. The van der Waals surface area contributed by atoms with Crippen molar-refractivity contribution in [1.29, 1.82) is 0 Å². The molecule has 0 aliphatic heterocycles. The average Bonchev–Trinajstić information content (AvgIpc) is 2.14. The molecule has 1 aromatic carbocycles. The van der Waals surface area contributed by atoms with E-state index in [1.807, 2.05) is 0 Å². The molecule has 0 bridgehead atoms. The molecule has 0 aliphatic rings. The van der Waals surface area contributed by atoms with Crippen molar-refractivity contribution in [1.82, 2.24) is 5.32 Å². The van der Waals surface area contributed by atoms with Gasteiger partial charge in [-0.15, -0.1) is 0 Å². The van der Waals surface area contributed by atoms with Crippen LogP contribution >= 0.6 is 0 Å². The SMILES string of the molecule is CC(C)[C@H](NCc1cc(F)cc(F)c1)C(=O)O. The maximum absolute atomic E-state index is 12.9. The Hall–Kier alpha value is -1.49. The third-order valence-corrected chi connectivity index (χ3v) is 2.38. The molecule has 0 radical (unpaired) electrons. The van der Waals surface area contributed by atoms with E-state index in [0.29, 0.717) is 5.56 Å². The van der Waals surface area contributed by atoms with Crippen LogP contribution in [0.3, 0.4) is 0 Å². The molecule has 94 valence electrons. The Balaban J connectivity index is 2.68. The Kier molecular flexibility index (Phi) is 4.57. The number of carbonyl (C=O) groups is 1. The van der Waals surface area contributed by atoms with E-state index in [0.717, 1.165) is 6.07 Å². The molecule has 1 atom stereocenters. The molecule has 0 saturated heterocycles. The van der Waals surface area contributed by atoms with Crippen LogP contribution in [0.4, 0.5) is 8.78 Å². The van der Waals surface area contributed by atoms with Crippen LogP contribution in [0.1, 0.15) is 19.4 Å². The molecule has 1 rings (SSSR count). The summed E-state index contributed by atoms with van der Waals surface area (Å²) in [5.74, 6) is -2.42. The number of hydrogen-bond acceptors (Lipinski definition) is 2. The van der Waals surface area contributed by atoms with E-state index in [9.17, 15) is 13.6 Å². The Labute approximate surface area is 98.5 Å². The topological polar surface area (TPSA) is 49.3 Å². The van der Waals surface area contributed by atoms with Crippen LogP contribution in [0.15, 0.2) is 18.2 Å². The lowest BCUT2D eigenvalue weighted by molar-refractivity contribution is -0.140. The van der Waals surface area contributed by atoms with Gasteiger partial charge in [-0.05, 0) is 23.6 Å². The molecule has 5 heteroatoms.